The fourth-order valence-electron chi connectivity index (χ4n) is 3.34. The number of epoxide rings is 1. The van der Waals surface area contributed by atoms with E-state index >= 15 is 0 Å². The van der Waals surface area contributed by atoms with Crippen LogP contribution in [0.3, 0.4) is 0 Å². The number of allylic oxidation sites excluding steroid dienone is 2. The van der Waals surface area contributed by atoms with Crippen molar-refractivity contribution < 1.29 is 18.7 Å². The van der Waals surface area contributed by atoms with E-state index < -0.39 is 5.60 Å². The van der Waals surface area contributed by atoms with Crippen molar-refractivity contribution in [1.29, 1.82) is 0 Å². The zero-order chi connectivity index (χ0) is 13.2. The number of carbonyl (C=O) groups is 1. The summed E-state index contributed by atoms with van der Waals surface area (Å²) < 4.78 is 16.9. The van der Waals surface area contributed by atoms with E-state index in [1.54, 1.807) is 6.26 Å². The highest BCUT2D eigenvalue weighted by Gasteiger charge is 2.73. The van der Waals surface area contributed by atoms with E-state index in [0.29, 0.717) is 0 Å². The zero-order valence-corrected chi connectivity index (χ0v) is 11.1. The third-order valence-corrected chi connectivity index (χ3v) is 4.43. The second kappa shape index (κ2) is 3.51. The van der Waals surface area contributed by atoms with Gasteiger partial charge in [0.15, 0.2) is 11.7 Å². The van der Waals surface area contributed by atoms with Gasteiger partial charge in [0.1, 0.15) is 11.9 Å². The Hall–Kier alpha value is -1.55. The van der Waals surface area contributed by atoms with Crippen LogP contribution in [0.1, 0.15) is 42.8 Å². The molecule has 19 heavy (non-hydrogen) atoms. The van der Waals surface area contributed by atoms with Crippen molar-refractivity contribution in [2.45, 2.75) is 50.9 Å². The minimum Gasteiger partial charge on any atom is -0.468 e. The number of rotatable bonds is 0. The Morgan fingerprint density at radius 2 is 2.21 bits per heavy atom. The molecule has 0 radical (unpaired) electrons. The number of hydrogen-bond donors (Lipinski definition) is 0. The molecular weight excluding hydrogens is 244 g/mol. The summed E-state index contributed by atoms with van der Waals surface area (Å²) >= 11 is 0. The van der Waals surface area contributed by atoms with Gasteiger partial charge < -0.3 is 13.9 Å². The number of aryl methyl sites for hydroxylation is 1. The molecule has 4 heteroatoms. The molecule has 3 heterocycles. The first-order valence-electron chi connectivity index (χ1n) is 6.73. The van der Waals surface area contributed by atoms with E-state index in [9.17, 15) is 4.79 Å². The number of esters is 1. The van der Waals surface area contributed by atoms with E-state index in [4.69, 9.17) is 13.9 Å². The first-order chi connectivity index (χ1) is 9.12. The lowest BCUT2D eigenvalue weighted by Gasteiger charge is -2.13. The van der Waals surface area contributed by atoms with Crippen molar-refractivity contribution in [2.75, 3.05) is 0 Å². The highest BCUT2D eigenvalue weighted by atomic mass is 16.7. The summed E-state index contributed by atoms with van der Waals surface area (Å²) in [5.41, 5.74) is 2.62. The van der Waals surface area contributed by atoms with Crippen LogP contribution in [0.5, 0.6) is 0 Å². The first kappa shape index (κ1) is 11.3. The van der Waals surface area contributed by atoms with Crippen molar-refractivity contribution >= 4 is 5.97 Å². The summed E-state index contributed by atoms with van der Waals surface area (Å²) in [4.78, 5) is 12.1. The maximum Gasteiger partial charge on any atom is 0.342 e. The summed E-state index contributed by atoms with van der Waals surface area (Å²) in [6, 6.07) is 0. The van der Waals surface area contributed by atoms with Gasteiger partial charge in [-0.05, 0) is 32.3 Å². The third kappa shape index (κ3) is 1.40. The van der Waals surface area contributed by atoms with Gasteiger partial charge in [-0.3, -0.25) is 0 Å². The number of hydrogen-bond acceptors (Lipinski definition) is 4. The normalized spacial score (nSPS) is 38.8. The van der Waals surface area contributed by atoms with Gasteiger partial charge in [-0.2, -0.15) is 0 Å². The largest absolute Gasteiger partial charge is 0.468 e. The highest BCUT2D eigenvalue weighted by molar-refractivity contribution is 5.87. The van der Waals surface area contributed by atoms with Gasteiger partial charge in [0, 0.05) is 12.0 Å². The Labute approximate surface area is 111 Å². The van der Waals surface area contributed by atoms with Crippen LogP contribution in [0, 0.1) is 6.92 Å². The van der Waals surface area contributed by atoms with Crippen LogP contribution < -0.4 is 0 Å². The van der Waals surface area contributed by atoms with E-state index in [1.165, 1.54) is 5.57 Å². The number of fused-ring (bicyclic) bond motifs is 2. The van der Waals surface area contributed by atoms with Crippen molar-refractivity contribution in [3.63, 3.8) is 0 Å². The minimum absolute atomic E-state index is 0.123. The summed E-state index contributed by atoms with van der Waals surface area (Å²) in [7, 11) is 0. The minimum atomic E-state index is -0.681. The Morgan fingerprint density at radius 1 is 1.37 bits per heavy atom. The maximum atomic E-state index is 12.1. The standard InChI is InChI=1S/C15H16O4/c1-8-4-3-5-15-13(19-15)12(18-14(15)16)11-9(2)7-17-10(11)6-8/h4,7,12-13H,3,5-6H2,1-2H3/b8-4-/t12-,13+,15+/m0/s1. The molecule has 2 bridgehead atoms. The van der Waals surface area contributed by atoms with Crippen LogP contribution in [0.15, 0.2) is 22.3 Å². The molecule has 0 spiro atoms. The van der Waals surface area contributed by atoms with Gasteiger partial charge in [0.05, 0.1) is 6.26 Å². The molecule has 1 aromatic rings. The Balaban J connectivity index is 1.85. The number of ether oxygens (including phenoxy) is 2. The lowest BCUT2D eigenvalue weighted by molar-refractivity contribution is -0.154. The summed E-state index contributed by atoms with van der Waals surface area (Å²) in [6.45, 7) is 4.08. The fourth-order valence-corrected chi connectivity index (χ4v) is 3.34. The van der Waals surface area contributed by atoms with E-state index in [0.717, 1.165) is 36.1 Å². The van der Waals surface area contributed by atoms with Gasteiger partial charge in [-0.15, -0.1) is 0 Å². The Bertz CT molecular complexity index is 597. The van der Waals surface area contributed by atoms with Crippen LogP contribution >= 0.6 is 0 Å². The second-order valence-corrected chi connectivity index (χ2v) is 5.78. The summed E-state index contributed by atoms with van der Waals surface area (Å²) in [5.74, 6) is 0.694. The van der Waals surface area contributed by atoms with Crippen LogP contribution in [-0.2, 0) is 20.7 Å². The van der Waals surface area contributed by atoms with Crippen molar-refractivity contribution in [1.82, 2.24) is 0 Å². The molecule has 4 rings (SSSR count). The fraction of sp³-hybridized carbons (Fsp3) is 0.533. The van der Waals surface area contributed by atoms with Gasteiger partial charge in [-0.1, -0.05) is 11.6 Å². The summed E-state index contributed by atoms with van der Waals surface area (Å²) in [5, 5.41) is 0. The highest BCUT2D eigenvalue weighted by Crippen LogP contribution is 2.57. The number of carbonyl (C=O) groups excluding carboxylic acids is 1. The molecule has 2 fully saturated rings. The van der Waals surface area contributed by atoms with Gasteiger partial charge in [0.2, 0.25) is 0 Å². The maximum absolute atomic E-state index is 12.1. The molecule has 3 aliphatic rings. The molecule has 0 unspecified atom stereocenters. The van der Waals surface area contributed by atoms with Crippen LogP contribution in [0.4, 0.5) is 0 Å². The third-order valence-electron chi connectivity index (χ3n) is 4.43. The van der Waals surface area contributed by atoms with Crippen molar-refractivity contribution in [3.05, 3.63) is 34.8 Å². The van der Waals surface area contributed by atoms with Crippen LogP contribution in [0.25, 0.3) is 0 Å². The van der Waals surface area contributed by atoms with Crippen molar-refractivity contribution in [2.24, 2.45) is 0 Å². The second-order valence-electron chi connectivity index (χ2n) is 5.78. The van der Waals surface area contributed by atoms with Gasteiger partial charge >= 0.3 is 5.97 Å². The molecule has 100 valence electrons. The van der Waals surface area contributed by atoms with Crippen molar-refractivity contribution in [3.8, 4) is 0 Å². The van der Waals surface area contributed by atoms with E-state index in [-0.39, 0.29) is 18.2 Å². The average molecular weight is 260 g/mol. The Morgan fingerprint density at radius 3 is 3.00 bits per heavy atom. The SMILES string of the molecule is C/C1=C/CC[C@@]23O[C@@H]2[C@@H](OC3=O)c2c(C)coc2C1. The molecule has 1 aromatic heterocycles. The molecule has 0 aromatic carbocycles. The summed E-state index contributed by atoms with van der Waals surface area (Å²) in [6.07, 6.45) is 5.84. The Kier molecular flexibility index (Phi) is 2.09. The lowest BCUT2D eigenvalue weighted by atomic mass is 9.91. The molecule has 2 saturated heterocycles. The first-order valence-corrected chi connectivity index (χ1v) is 6.73. The molecule has 4 nitrogen and oxygen atoms in total. The van der Waals surface area contributed by atoms with Crippen LogP contribution in [0.2, 0.25) is 0 Å². The predicted molar refractivity (Wildman–Crippen MR) is 66.6 cm³/mol. The van der Waals surface area contributed by atoms with Crippen LogP contribution in [-0.4, -0.2) is 17.7 Å². The molecule has 0 amide bonds. The van der Waals surface area contributed by atoms with Gasteiger partial charge in [-0.25, -0.2) is 4.79 Å². The van der Waals surface area contributed by atoms with E-state index in [2.05, 4.69) is 13.0 Å². The average Bonchev–Trinajstić information content (AvgIpc) is 2.91. The topological polar surface area (TPSA) is 52.0 Å². The molecule has 0 N–H and O–H groups in total. The smallest absolute Gasteiger partial charge is 0.342 e. The lowest BCUT2D eigenvalue weighted by Crippen LogP contribution is -2.22. The molecular formula is C15H16O4. The zero-order valence-electron chi connectivity index (χ0n) is 11.1. The molecule has 2 aliphatic heterocycles. The predicted octanol–water partition coefficient (Wildman–Crippen LogP) is 2.61. The van der Waals surface area contributed by atoms with Gasteiger partial charge in [0.25, 0.3) is 0 Å². The number of furan rings is 1. The van der Waals surface area contributed by atoms with E-state index in [1.807, 2.05) is 6.92 Å². The molecule has 0 saturated carbocycles. The monoisotopic (exact) mass is 260 g/mol. The molecule has 3 atom stereocenters. The quantitative estimate of drug-likeness (QED) is 0.409. The molecule has 1 aliphatic carbocycles.